The van der Waals surface area contributed by atoms with Crippen LogP contribution in [0, 0.1) is 11.3 Å². The minimum absolute atomic E-state index is 0.0134. The Morgan fingerprint density at radius 3 is 2.82 bits per heavy atom. The van der Waals surface area contributed by atoms with Gasteiger partial charge in [0, 0.05) is 29.1 Å². The van der Waals surface area contributed by atoms with Crippen molar-refractivity contribution in [1.82, 2.24) is 25.5 Å². The number of H-pyrrole nitrogens is 1. The molecule has 0 aliphatic heterocycles. The molecule has 0 aliphatic rings. The number of hydrogen-bond donors (Lipinski definition) is 2. The standard InChI is InChI=1S/C21H16N6O/c22-8-10-24-21(28)16-4-2-15(3-5-16)18-7-9-23-20(26-18)12-14-1-6-19-17(11-14)13-25-27-19/h1-7,9,11,13H,10,12H2,(H,24,28)(H,25,27). The van der Waals surface area contributed by atoms with Crippen LogP contribution in [0.4, 0.5) is 0 Å². The minimum Gasteiger partial charge on any atom is -0.339 e. The number of nitrogens with zero attached hydrogens (tertiary/aromatic N) is 4. The van der Waals surface area contributed by atoms with Crippen LogP contribution in [0.1, 0.15) is 21.7 Å². The maximum atomic E-state index is 11.9. The minimum atomic E-state index is -0.272. The van der Waals surface area contributed by atoms with E-state index in [0.717, 1.165) is 33.5 Å². The number of aromatic amines is 1. The van der Waals surface area contributed by atoms with E-state index >= 15 is 0 Å². The van der Waals surface area contributed by atoms with Crippen LogP contribution in [-0.4, -0.2) is 32.6 Å². The lowest BCUT2D eigenvalue weighted by Crippen LogP contribution is -2.23. The fraction of sp³-hybridized carbons (Fsp3) is 0.0952. The van der Waals surface area contributed by atoms with E-state index in [1.54, 1.807) is 24.5 Å². The lowest BCUT2D eigenvalue weighted by Gasteiger charge is -2.06. The van der Waals surface area contributed by atoms with Gasteiger partial charge in [-0.05, 0) is 35.9 Å². The SMILES string of the molecule is N#CCNC(=O)c1ccc(-c2ccnc(Cc3ccc4[nH]ncc4c3)n2)cc1. The summed E-state index contributed by atoms with van der Waals surface area (Å²) in [7, 11) is 0. The molecule has 28 heavy (non-hydrogen) atoms. The molecule has 0 fully saturated rings. The lowest BCUT2D eigenvalue weighted by molar-refractivity contribution is 0.0958. The van der Waals surface area contributed by atoms with Gasteiger partial charge in [0.25, 0.3) is 5.91 Å². The molecule has 2 heterocycles. The van der Waals surface area contributed by atoms with Crippen LogP contribution in [0.25, 0.3) is 22.2 Å². The van der Waals surface area contributed by atoms with Gasteiger partial charge in [0.15, 0.2) is 0 Å². The van der Waals surface area contributed by atoms with Crippen molar-refractivity contribution in [3.63, 3.8) is 0 Å². The van der Waals surface area contributed by atoms with Crippen LogP contribution in [0.2, 0.25) is 0 Å². The maximum Gasteiger partial charge on any atom is 0.252 e. The molecule has 7 heteroatoms. The highest BCUT2D eigenvalue weighted by molar-refractivity contribution is 5.94. The Hall–Kier alpha value is -4.05. The van der Waals surface area contributed by atoms with Gasteiger partial charge in [-0.25, -0.2) is 9.97 Å². The van der Waals surface area contributed by atoms with E-state index in [2.05, 4.69) is 31.5 Å². The molecule has 0 spiro atoms. The summed E-state index contributed by atoms with van der Waals surface area (Å²) in [6, 6.07) is 16.9. The quantitative estimate of drug-likeness (QED) is 0.527. The first-order valence-corrected chi connectivity index (χ1v) is 8.72. The fourth-order valence-electron chi connectivity index (χ4n) is 2.94. The zero-order chi connectivity index (χ0) is 19.3. The third kappa shape index (κ3) is 3.71. The van der Waals surface area contributed by atoms with Crippen molar-refractivity contribution in [1.29, 1.82) is 5.26 Å². The van der Waals surface area contributed by atoms with Crippen molar-refractivity contribution in [2.45, 2.75) is 6.42 Å². The summed E-state index contributed by atoms with van der Waals surface area (Å²) < 4.78 is 0. The normalized spacial score (nSPS) is 10.5. The van der Waals surface area contributed by atoms with E-state index in [0.29, 0.717) is 12.0 Å². The number of amides is 1. The van der Waals surface area contributed by atoms with Gasteiger partial charge in [0.05, 0.1) is 23.5 Å². The predicted octanol–water partition coefficient (Wildman–Crippen LogP) is 2.86. The molecule has 0 aliphatic carbocycles. The number of carbonyl (C=O) groups is 1. The zero-order valence-electron chi connectivity index (χ0n) is 14.9. The Kier molecular flexibility index (Phi) is 4.76. The zero-order valence-corrected chi connectivity index (χ0v) is 14.9. The topological polar surface area (TPSA) is 107 Å². The summed E-state index contributed by atoms with van der Waals surface area (Å²) >= 11 is 0. The molecule has 136 valence electrons. The fourth-order valence-corrected chi connectivity index (χ4v) is 2.94. The second-order valence-corrected chi connectivity index (χ2v) is 6.24. The van der Waals surface area contributed by atoms with E-state index < -0.39 is 0 Å². The second kappa shape index (κ2) is 7.68. The summed E-state index contributed by atoms with van der Waals surface area (Å²) in [4.78, 5) is 20.9. The monoisotopic (exact) mass is 368 g/mol. The van der Waals surface area contributed by atoms with Gasteiger partial charge in [-0.15, -0.1) is 0 Å². The Labute approximate surface area is 161 Å². The van der Waals surface area contributed by atoms with Gasteiger partial charge in [-0.1, -0.05) is 18.2 Å². The smallest absolute Gasteiger partial charge is 0.252 e. The predicted molar refractivity (Wildman–Crippen MR) is 104 cm³/mol. The van der Waals surface area contributed by atoms with Crippen molar-refractivity contribution < 1.29 is 4.79 Å². The average Bonchev–Trinajstić information content (AvgIpc) is 3.20. The van der Waals surface area contributed by atoms with E-state index in [4.69, 9.17) is 5.26 Å². The van der Waals surface area contributed by atoms with Crippen LogP contribution in [0.3, 0.4) is 0 Å². The molecule has 0 bridgehead atoms. The van der Waals surface area contributed by atoms with Gasteiger partial charge in [0.2, 0.25) is 0 Å². The van der Waals surface area contributed by atoms with Crippen LogP contribution >= 0.6 is 0 Å². The van der Waals surface area contributed by atoms with Gasteiger partial charge in [-0.2, -0.15) is 10.4 Å². The molecule has 7 nitrogen and oxygen atoms in total. The van der Waals surface area contributed by atoms with Gasteiger partial charge in [0.1, 0.15) is 12.4 Å². The van der Waals surface area contributed by atoms with E-state index in [1.807, 2.05) is 36.4 Å². The average molecular weight is 368 g/mol. The molecule has 2 aromatic heterocycles. The lowest BCUT2D eigenvalue weighted by atomic mass is 10.1. The molecular formula is C21H16N6O. The highest BCUT2D eigenvalue weighted by atomic mass is 16.1. The molecule has 1 amide bonds. The number of benzene rings is 2. The summed E-state index contributed by atoms with van der Waals surface area (Å²) in [5.74, 6) is 0.447. The molecule has 2 N–H and O–H groups in total. The first-order valence-electron chi connectivity index (χ1n) is 8.72. The van der Waals surface area contributed by atoms with Crippen molar-refractivity contribution in [3.05, 3.63) is 77.9 Å². The summed E-state index contributed by atoms with van der Waals surface area (Å²) in [5.41, 5.74) is 4.29. The number of carbonyl (C=O) groups excluding carboxylic acids is 1. The van der Waals surface area contributed by atoms with Crippen LogP contribution in [-0.2, 0) is 6.42 Å². The largest absolute Gasteiger partial charge is 0.339 e. The Bertz CT molecular complexity index is 1170. The van der Waals surface area contributed by atoms with Gasteiger partial charge in [-0.3, -0.25) is 9.89 Å². The number of fused-ring (bicyclic) bond motifs is 1. The summed E-state index contributed by atoms with van der Waals surface area (Å²) in [6.07, 6.45) is 4.15. The molecule has 0 saturated heterocycles. The second-order valence-electron chi connectivity index (χ2n) is 6.24. The van der Waals surface area contributed by atoms with Crippen LogP contribution < -0.4 is 5.32 Å². The number of hydrogen-bond acceptors (Lipinski definition) is 5. The third-order valence-electron chi connectivity index (χ3n) is 4.34. The van der Waals surface area contributed by atoms with Crippen molar-refractivity contribution in [2.75, 3.05) is 6.54 Å². The molecule has 0 radical (unpaired) electrons. The summed E-state index contributed by atoms with van der Waals surface area (Å²) in [5, 5.41) is 19.1. The van der Waals surface area contributed by atoms with Gasteiger partial charge >= 0.3 is 0 Å². The molecule has 0 saturated carbocycles. The van der Waals surface area contributed by atoms with E-state index in [9.17, 15) is 4.79 Å². The highest BCUT2D eigenvalue weighted by Crippen LogP contribution is 2.19. The Balaban J connectivity index is 1.53. The van der Waals surface area contributed by atoms with E-state index in [1.165, 1.54) is 0 Å². The van der Waals surface area contributed by atoms with E-state index in [-0.39, 0.29) is 12.5 Å². The van der Waals surface area contributed by atoms with Crippen molar-refractivity contribution >= 4 is 16.8 Å². The number of nitriles is 1. The number of aromatic nitrogens is 4. The number of nitrogens with one attached hydrogen (secondary N) is 2. The Morgan fingerprint density at radius 2 is 2.00 bits per heavy atom. The van der Waals surface area contributed by atoms with Crippen LogP contribution in [0.5, 0.6) is 0 Å². The van der Waals surface area contributed by atoms with Crippen LogP contribution in [0.15, 0.2) is 60.9 Å². The molecule has 4 rings (SSSR count). The third-order valence-corrected chi connectivity index (χ3v) is 4.34. The molecule has 2 aromatic carbocycles. The maximum absolute atomic E-state index is 11.9. The molecular weight excluding hydrogens is 352 g/mol. The molecule has 4 aromatic rings. The van der Waals surface area contributed by atoms with Crippen molar-refractivity contribution in [3.8, 4) is 17.3 Å². The molecule has 0 atom stereocenters. The van der Waals surface area contributed by atoms with Crippen molar-refractivity contribution in [2.24, 2.45) is 0 Å². The summed E-state index contributed by atoms with van der Waals surface area (Å²) in [6.45, 7) is -0.0134. The molecule has 0 unspecified atom stereocenters. The Morgan fingerprint density at radius 1 is 1.14 bits per heavy atom. The highest BCUT2D eigenvalue weighted by Gasteiger charge is 2.08. The first-order chi connectivity index (χ1) is 13.7. The first kappa shape index (κ1) is 17.4. The van der Waals surface area contributed by atoms with Gasteiger partial charge < -0.3 is 5.32 Å². The number of rotatable bonds is 5.